The molecule has 12 heteroatoms. The zero-order valence-corrected chi connectivity index (χ0v) is 24.7. The number of nitro benzene ring substituents is 1. The number of aromatic nitrogens is 1. The van der Waals surface area contributed by atoms with Crippen LogP contribution in [0.4, 0.5) is 11.4 Å². The minimum Gasteiger partial charge on any atom is -0.493 e. The Morgan fingerprint density at radius 3 is 2.52 bits per heavy atom. The zero-order valence-electron chi connectivity index (χ0n) is 23.9. The number of methoxy groups -OCH3 is 2. The van der Waals surface area contributed by atoms with Crippen molar-refractivity contribution in [1.82, 2.24) is 4.57 Å². The summed E-state index contributed by atoms with van der Waals surface area (Å²) in [5.74, 6) is 0.375. The molecule has 0 radical (unpaired) electrons. The summed E-state index contributed by atoms with van der Waals surface area (Å²) >= 11 is 1.17. The van der Waals surface area contributed by atoms with Crippen LogP contribution >= 0.6 is 11.3 Å². The van der Waals surface area contributed by atoms with E-state index in [1.807, 2.05) is 0 Å². The molecule has 3 heterocycles. The SMILES string of the molecule is CCOC(=O)C1=C(C)N=c2s/c(=C\c3cc([N+](=O)[O-])ccc3N3CCCCC3)c(=O)n2C1c1ccc(OC)c(OC)c1. The largest absolute Gasteiger partial charge is 0.493 e. The van der Waals surface area contributed by atoms with Crippen LogP contribution in [0.1, 0.15) is 50.3 Å². The Balaban J connectivity index is 1.73. The molecule has 1 fully saturated rings. The van der Waals surface area contributed by atoms with Crippen molar-refractivity contribution in [3.05, 3.63) is 88.6 Å². The molecule has 2 aliphatic heterocycles. The summed E-state index contributed by atoms with van der Waals surface area (Å²) in [6.07, 6.45) is 4.88. The van der Waals surface area contributed by atoms with Crippen molar-refractivity contribution in [2.24, 2.45) is 4.99 Å². The van der Waals surface area contributed by atoms with E-state index in [9.17, 15) is 19.7 Å². The smallest absolute Gasteiger partial charge is 0.338 e. The maximum atomic E-state index is 14.1. The summed E-state index contributed by atoms with van der Waals surface area (Å²) < 4.78 is 18.1. The van der Waals surface area contributed by atoms with Gasteiger partial charge in [-0.2, -0.15) is 0 Å². The summed E-state index contributed by atoms with van der Waals surface area (Å²) in [4.78, 5) is 45.8. The maximum Gasteiger partial charge on any atom is 0.338 e. The monoisotopic (exact) mass is 592 g/mol. The fourth-order valence-electron chi connectivity index (χ4n) is 5.46. The topological polar surface area (TPSA) is 126 Å². The minimum atomic E-state index is -0.839. The normalized spacial score (nSPS) is 17.0. The molecule has 0 aliphatic carbocycles. The van der Waals surface area contributed by atoms with Crippen molar-refractivity contribution < 1.29 is 23.9 Å². The molecular formula is C30H32N4O7S. The average molecular weight is 593 g/mol. The van der Waals surface area contributed by atoms with Gasteiger partial charge in [-0.25, -0.2) is 9.79 Å². The van der Waals surface area contributed by atoms with Crippen LogP contribution in [0.3, 0.4) is 0 Å². The molecule has 0 bridgehead atoms. The summed E-state index contributed by atoms with van der Waals surface area (Å²) in [7, 11) is 3.04. The highest BCUT2D eigenvalue weighted by atomic mass is 32.1. The lowest BCUT2D eigenvalue weighted by Gasteiger charge is -2.30. The van der Waals surface area contributed by atoms with Crippen molar-refractivity contribution >= 4 is 34.8 Å². The van der Waals surface area contributed by atoms with E-state index < -0.39 is 16.9 Å². The Hall–Kier alpha value is -4.45. The third kappa shape index (κ3) is 5.41. The molecule has 3 aromatic rings. The third-order valence-electron chi connectivity index (χ3n) is 7.45. The van der Waals surface area contributed by atoms with Crippen LogP contribution in [0.15, 0.2) is 57.5 Å². The fraction of sp³-hybridized carbons (Fsp3) is 0.367. The number of piperidine rings is 1. The molecule has 5 rings (SSSR count). The van der Waals surface area contributed by atoms with Crippen LogP contribution in [0.2, 0.25) is 0 Å². The van der Waals surface area contributed by atoms with Gasteiger partial charge >= 0.3 is 5.97 Å². The first-order chi connectivity index (χ1) is 20.3. The molecule has 1 saturated heterocycles. The summed E-state index contributed by atoms with van der Waals surface area (Å²) in [5, 5.41) is 11.6. The highest BCUT2D eigenvalue weighted by molar-refractivity contribution is 7.07. The highest BCUT2D eigenvalue weighted by Crippen LogP contribution is 2.36. The number of ether oxygens (including phenoxy) is 3. The van der Waals surface area contributed by atoms with Gasteiger partial charge in [0, 0.05) is 36.5 Å². The van der Waals surface area contributed by atoms with E-state index >= 15 is 0 Å². The van der Waals surface area contributed by atoms with Gasteiger partial charge in [0.15, 0.2) is 16.3 Å². The number of benzene rings is 2. The van der Waals surface area contributed by atoms with E-state index in [2.05, 4.69) is 9.89 Å². The molecule has 1 aromatic heterocycles. The first kappa shape index (κ1) is 29.1. The van der Waals surface area contributed by atoms with Crippen LogP contribution in [0.25, 0.3) is 6.08 Å². The van der Waals surface area contributed by atoms with Crippen molar-refractivity contribution in [2.45, 2.75) is 39.2 Å². The second-order valence-electron chi connectivity index (χ2n) is 9.96. The van der Waals surface area contributed by atoms with Crippen LogP contribution in [-0.4, -0.2) is 49.4 Å². The summed E-state index contributed by atoms with van der Waals surface area (Å²) in [6.45, 7) is 5.26. The van der Waals surface area contributed by atoms with Gasteiger partial charge in [-0.1, -0.05) is 17.4 Å². The number of anilines is 1. The Morgan fingerprint density at radius 2 is 1.86 bits per heavy atom. The number of nitro groups is 1. The van der Waals surface area contributed by atoms with E-state index in [0.29, 0.717) is 37.7 Å². The lowest BCUT2D eigenvalue weighted by Crippen LogP contribution is -2.40. The highest BCUT2D eigenvalue weighted by Gasteiger charge is 2.34. The van der Waals surface area contributed by atoms with Gasteiger partial charge < -0.3 is 19.1 Å². The van der Waals surface area contributed by atoms with Crippen LogP contribution < -0.4 is 29.3 Å². The standard InChI is InChI=1S/C30H32N4O7S/c1-5-41-29(36)26-18(2)31-30-33(27(26)19-9-12-23(39-3)24(16-19)40-4)28(35)25(42-30)17-20-15-21(34(37)38)10-11-22(20)32-13-7-6-8-14-32/h9-12,15-17,27H,5-8,13-14H2,1-4H3/b25-17-. The molecule has 0 saturated carbocycles. The van der Waals surface area contributed by atoms with Crippen LogP contribution in [-0.2, 0) is 9.53 Å². The third-order valence-corrected chi connectivity index (χ3v) is 8.43. The molecule has 0 amide bonds. The minimum absolute atomic E-state index is 0.0570. The van der Waals surface area contributed by atoms with Gasteiger partial charge in [0.2, 0.25) is 0 Å². The quantitative estimate of drug-likeness (QED) is 0.220. The summed E-state index contributed by atoms with van der Waals surface area (Å²) in [5.41, 5.74) is 2.29. The molecule has 0 N–H and O–H groups in total. The number of allylic oxidation sites excluding steroid dienone is 1. The number of rotatable bonds is 8. The second kappa shape index (κ2) is 12.2. The zero-order chi connectivity index (χ0) is 30.0. The van der Waals surface area contributed by atoms with E-state index in [1.54, 1.807) is 44.2 Å². The second-order valence-corrected chi connectivity index (χ2v) is 11.0. The average Bonchev–Trinajstić information content (AvgIpc) is 3.30. The Bertz CT molecular complexity index is 1750. The van der Waals surface area contributed by atoms with E-state index in [-0.39, 0.29) is 23.4 Å². The van der Waals surface area contributed by atoms with Gasteiger partial charge in [-0.05, 0) is 62.9 Å². The van der Waals surface area contributed by atoms with Crippen molar-refractivity contribution in [2.75, 3.05) is 38.8 Å². The number of carbonyl (C=O) groups excluding carboxylic acids is 1. The molecule has 2 aliphatic rings. The molecule has 1 unspecified atom stereocenters. The maximum absolute atomic E-state index is 14.1. The van der Waals surface area contributed by atoms with Crippen LogP contribution in [0.5, 0.6) is 11.5 Å². The molecule has 42 heavy (non-hydrogen) atoms. The molecule has 0 spiro atoms. The van der Waals surface area contributed by atoms with Gasteiger partial charge in [-0.15, -0.1) is 0 Å². The molecule has 220 valence electrons. The summed E-state index contributed by atoms with van der Waals surface area (Å²) in [6, 6.07) is 9.13. The number of non-ortho nitro benzene ring substituents is 1. The van der Waals surface area contributed by atoms with Gasteiger partial charge in [-0.3, -0.25) is 19.5 Å². The number of fused-ring (bicyclic) bond motifs is 1. The fourth-order valence-corrected chi connectivity index (χ4v) is 6.50. The number of thiazole rings is 1. The van der Waals surface area contributed by atoms with Gasteiger partial charge in [0.25, 0.3) is 11.2 Å². The molecular weight excluding hydrogens is 560 g/mol. The molecule has 1 atom stereocenters. The number of hydrogen-bond acceptors (Lipinski definition) is 10. The Kier molecular flexibility index (Phi) is 8.44. The predicted octanol–water partition coefficient (Wildman–Crippen LogP) is 3.71. The van der Waals surface area contributed by atoms with Gasteiger partial charge in [0.05, 0.1) is 47.6 Å². The number of carbonyl (C=O) groups is 1. The predicted molar refractivity (Wildman–Crippen MR) is 159 cm³/mol. The van der Waals surface area contributed by atoms with Gasteiger partial charge in [0.1, 0.15) is 0 Å². The van der Waals surface area contributed by atoms with Crippen molar-refractivity contribution in [3.8, 4) is 11.5 Å². The Morgan fingerprint density at radius 1 is 1.12 bits per heavy atom. The number of hydrogen-bond donors (Lipinski definition) is 0. The van der Waals surface area contributed by atoms with E-state index in [0.717, 1.165) is 38.0 Å². The van der Waals surface area contributed by atoms with E-state index in [1.165, 1.54) is 42.3 Å². The van der Waals surface area contributed by atoms with E-state index in [4.69, 9.17) is 14.2 Å². The molecule has 2 aromatic carbocycles. The molecule has 11 nitrogen and oxygen atoms in total. The number of nitrogens with zero attached hydrogens (tertiary/aromatic N) is 4. The first-order valence-electron chi connectivity index (χ1n) is 13.7. The lowest BCUT2D eigenvalue weighted by molar-refractivity contribution is -0.384. The van der Waals surface area contributed by atoms with Crippen molar-refractivity contribution in [3.63, 3.8) is 0 Å². The Labute approximate surface area is 246 Å². The first-order valence-corrected chi connectivity index (χ1v) is 14.5. The number of esters is 1. The van der Waals surface area contributed by atoms with Crippen LogP contribution in [0, 0.1) is 10.1 Å². The van der Waals surface area contributed by atoms with Crippen molar-refractivity contribution in [1.29, 1.82) is 0 Å². The lowest BCUT2D eigenvalue weighted by atomic mass is 9.95.